The molecular formula is C16H24O2. The fraction of sp³-hybridized carbons (Fsp3) is 0.625. The second kappa shape index (κ2) is 4.18. The van der Waals surface area contributed by atoms with E-state index in [0.29, 0.717) is 0 Å². The molecule has 0 heterocycles. The van der Waals surface area contributed by atoms with Gasteiger partial charge in [-0.25, -0.2) is 0 Å². The van der Waals surface area contributed by atoms with Crippen molar-refractivity contribution < 1.29 is 9.47 Å². The van der Waals surface area contributed by atoms with E-state index in [-0.39, 0.29) is 10.8 Å². The predicted octanol–water partition coefficient (Wildman–Crippen LogP) is 4.05. The summed E-state index contributed by atoms with van der Waals surface area (Å²) in [6.07, 6.45) is 2.35. The summed E-state index contributed by atoms with van der Waals surface area (Å²) in [4.78, 5) is 0. The van der Waals surface area contributed by atoms with E-state index in [1.54, 1.807) is 14.2 Å². The Labute approximate surface area is 110 Å². The van der Waals surface area contributed by atoms with Crippen LogP contribution in [0.4, 0.5) is 0 Å². The summed E-state index contributed by atoms with van der Waals surface area (Å²) in [6.45, 7) is 9.18. The van der Waals surface area contributed by atoms with Crippen molar-refractivity contribution in [3.63, 3.8) is 0 Å². The Bertz CT molecular complexity index is 415. The van der Waals surface area contributed by atoms with Crippen LogP contribution in [0.15, 0.2) is 12.1 Å². The van der Waals surface area contributed by atoms with Crippen molar-refractivity contribution in [1.29, 1.82) is 0 Å². The SMILES string of the molecule is COc1ccc(OC)c2c1C(C)(C)CCC2(C)C. The largest absolute Gasteiger partial charge is 0.496 e. The zero-order valence-electron chi connectivity index (χ0n) is 12.4. The van der Waals surface area contributed by atoms with Gasteiger partial charge < -0.3 is 9.47 Å². The Morgan fingerprint density at radius 1 is 0.778 bits per heavy atom. The van der Waals surface area contributed by atoms with Crippen LogP contribution in [0.2, 0.25) is 0 Å². The van der Waals surface area contributed by atoms with E-state index in [2.05, 4.69) is 27.7 Å². The fourth-order valence-corrected chi connectivity index (χ4v) is 3.12. The molecule has 2 heteroatoms. The van der Waals surface area contributed by atoms with Gasteiger partial charge in [0.1, 0.15) is 11.5 Å². The molecule has 0 spiro atoms. The summed E-state index contributed by atoms with van der Waals surface area (Å²) < 4.78 is 11.2. The average molecular weight is 248 g/mol. The number of ether oxygens (including phenoxy) is 2. The lowest BCUT2D eigenvalue weighted by molar-refractivity contribution is 0.297. The van der Waals surface area contributed by atoms with Crippen molar-refractivity contribution in [2.24, 2.45) is 0 Å². The van der Waals surface area contributed by atoms with E-state index in [0.717, 1.165) is 11.5 Å². The monoisotopic (exact) mass is 248 g/mol. The number of hydrogen-bond acceptors (Lipinski definition) is 2. The molecule has 0 aromatic heterocycles. The molecule has 18 heavy (non-hydrogen) atoms. The van der Waals surface area contributed by atoms with Gasteiger partial charge in [0.15, 0.2) is 0 Å². The standard InChI is InChI=1S/C16H24O2/c1-15(2)9-10-16(3,4)14-12(18-6)8-7-11(17-5)13(14)15/h7-8H,9-10H2,1-6H3. The van der Waals surface area contributed by atoms with Crippen LogP contribution in [-0.4, -0.2) is 14.2 Å². The summed E-state index contributed by atoms with van der Waals surface area (Å²) in [5, 5.41) is 0. The normalized spacial score (nSPS) is 20.1. The van der Waals surface area contributed by atoms with Crippen LogP contribution < -0.4 is 9.47 Å². The Hall–Kier alpha value is -1.18. The lowest BCUT2D eigenvalue weighted by Crippen LogP contribution is -2.34. The van der Waals surface area contributed by atoms with Crippen molar-refractivity contribution in [2.75, 3.05) is 14.2 Å². The quantitative estimate of drug-likeness (QED) is 0.786. The molecule has 0 amide bonds. The molecule has 0 N–H and O–H groups in total. The zero-order chi connectivity index (χ0) is 13.6. The maximum absolute atomic E-state index is 5.59. The van der Waals surface area contributed by atoms with Gasteiger partial charge in [0.25, 0.3) is 0 Å². The van der Waals surface area contributed by atoms with Gasteiger partial charge in [-0.05, 0) is 35.8 Å². The molecule has 100 valence electrons. The molecule has 0 fully saturated rings. The maximum Gasteiger partial charge on any atom is 0.123 e. The smallest absolute Gasteiger partial charge is 0.123 e. The van der Waals surface area contributed by atoms with Crippen molar-refractivity contribution in [2.45, 2.75) is 51.4 Å². The summed E-state index contributed by atoms with van der Waals surface area (Å²) in [7, 11) is 3.50. The van der Waals surface area contributed by atoms with Crippen molar-refractivity contribution >= 4 is 0 Å². The number of fused-ring (bicyclic) bond motifs is 1. The topological polar surface area (TPSA) is 18.5 Å². The minimum Gasteiger partial charge on any atom is -0.496 e. The van der Waals surface area contributed by atoms with Gasteiger partial charge in [0.05, 0.1) is 14.2 Å². The Kier molecular flexibility index (Phi) is 3.08. The predicted molar refractivity (Wildman–Crippen MR) is 74.8 cm³/mol. The van der Waals surface area contributed by atoms with Crippen LogP contribution in [0.1, 0.15) is 51.7 Å². The minimum atomic E-state index is 0.144. The number of methoxy groups -OCH3 is 2. The average Bonchev–Trinajstić information content (AvgIpc) is 2.33. The van der Waals surface area contributed by atoms with E-state index in [1.165, 1.54) is 24.0 Å². The molecule has 0 aliphatic heterocycles. The molecular weight excluding hydrogens is 224 g/mol. The molecule has 1 aliphatic rings. The molecule has 0 radical (unpaired) electrons. The summed E-state index contributed by atoms with van der Waals surface area (Å²) in [5.41, 5.74) is 2.93. The van der Waals surface area contributed by atoms with Gasteiger partial charge in [0, 0.05) is 11.1 Å². The third kappa shape index (κ3) is 1.88. The van der Waals surface area contributed by atoms with Gasteiger partial charge in [0.2, 0.25) is 0 Å². The van der Waals surface area contributed by atoms with E-state index in [4.69, 9.17) is 9.47 Å². The first kappa shape index (κ1) is 13.3. The van der Waals surface area contributed by atoms with Gasteiger partial charge in [-0.2, -0.15) is 0 Å². The molecule has 0 saturated carbocycles. The van der Waals surface area contributed by atoms with Gasteiger partial charge in [-0.3, -0.25) is 0 Å². The highest BCUT2D eigenvalue weighted by Crippen LogP contribution is 2.52. The van der Waals surface area contributed by atoms with E-state index in [9.17, 15) is 0 Å². The first-order valence-corrected chi connectivity index (χ1v) is 6.59. The summed E-state index contributed by atoms with van der Waals surface area (Å²) in [5.74, 6) is 1.98. The van der Waals surface area contributed by atoms with Gasteiger partial charge >= 0.3 is 0 Å². The maximum atomic E-state index is 5.59. The van der Waals surface area contributed by atoms with Crippen molar-refractivity contribution in [3.8, 4) is 11.5 Å². The van der Waals surface area contributed by atoms with Crippen LogP contribution in [-0.2, 0) is 10.8 Å². The molecule has 0 saturated heterocycles. The van der Waals surface area contributed by atoms with E-state index < -0.39 is 0 Å². The highest BCUT2D eigenvalue weighted by atomic mass is 16.5. The van der Waals surface area contributed by atoms with E-state index in [1.807, 2.05) is 12.1 Å². The molecule has 0 bridgehead atoms. The molecule has 1 aliphatic carbocycles. The third-order valence-corrected chi connectivity index (χ3v) is 4.30. The molecule has 1 aromatic carbocycles. The summed E-state index contributed by atoms with van der Waals surface area (Å²) in [6, 6.07) is 4.06. The lowest BCUT2D eigenvalue weighted by Gasteiger charge is -2.43. The number of rotatable bonds is 2. The molecule has 0 atom stereocenters. The first-order valence-electron chi connectivity index (χ1n) is 6.59. The Morgan fingerprint density at radius 2 is 1.11 bits per heavy atom. The Morgan fingerprint density at radius 3 is 1.39 bits per heavy atom. The Balaban J connectivity index is 2.79. The van der Waals surface area contributed by atoms with Crippen LogP contribution in [0, 0.1) is 0 Å². The van der Waals surface area contributed by atoms with Crippen molar-refractivity contribution in [1.82, 2.24) is 0 Å². The van der Waals surface area contributed by atoms with Crippen molar-refractivity contribution in [3.05, 3.63) is 23.3 Å². The highest BCUT2D eigenvalue weighted by molar-refractivity contribution is 5.56. The minimum absolute atomic E-state index is 0.144. The molecule has 2 nitrogen and oxygen atoms in total. The number of benzene rings is 1. The second-order valence-corrected chi connectivity index (χ2v) is 6.49. The van der Waals surface area contributed by atoms with E-state index >= 15 is 0 Å². The van der Waals surface area contributed by atoms with Crippen LogP contribution >= 0.6 is 0 Å². The summed E-state index contributed by atoms with van der Waals surface area (Å²) >= 11 is 0. The molecule has 0 unspecified atom stereocenters. The molecule has 1 aromatic rings. The lowest BCUT2D eigenvalue weighted by atomic mass is 9.62. The fourth-order valence-electron chi connectivity index (χ4n) is 3.12. The van der Waals surface area contributed by atoms with Crippen LogP contribution in [0.25, 0.3) is 0 Å². The van der Waals surface area contributed by atoms with Gasteiger partial charge in [-0.15, -0.1) is 0 Å². The van der Waals surface area contributed by atoms with Crippen LogP contribution in [0.3, 0.4) is 0 Å². The highest BCUT2D eigenvalue weighted by Gasteiger charge is 2.41. The van der Waals surface area contributed by atoms with Gasteiger partial charge in [-0.1, -0.05) is 27.7 Å². The third-order valence-electron chi connectivity index (χ3n) is 4.30. The zero-order valence-corrected chi connectivity index (χ0v) is 12.4. The number of hydrogen-bond donors (Lipinski definition) is 0. The molecule has 2 rings (SSSR count). The van der Waals surface area contributed by atoms with Crippen LogP contribution in [0.5, 0.6) is 11.5 Å². The second-order valence-electron chi connectivity index (χ2n) is 6.49. The first-order chi connectivity index (χ1) is 8.33.